The fraction of sp³-hybridized carbons (Fsp3) is 0.208. The number of sulfonamides is 1. The van der Waals surface area contributed by atoms with Crippen molar-refractivity contribution in [3.8, 4) is 11.5 Å². The average Bonchev–Trinajstić information content (AvgIpc) is 2.78. The molecule has 8 heteroatoms. The van der Waals surface area contributed by atoms with Gasteiger partial charge in [0.2, 0.25) is 5.91 Å². The number of hydrogen-bond donors (Lipinski definition) is 1. The van der Waals surface area contributed by atoms with Crippen LogP contribution in [0.5, 0.6) is 11.5 Å². The molecule has 3 aromatic carbocycles. The van der Waals surface area contributed by atoms with Crippen LogP contribution >= 0.6 is 0 Å². The maximum absolute atomic E-state index is 13.6. The average molecular weight is 455 g/mol. The van der Waals surface area contributed by atoms with Crippen molar-refractivity contribution in [1.82, 2.24) is 0 Å². The Bertz CT molecular complexity index is 1190. The molecule has 0 fully saturated rings. The Morgan fingerprint density at radius 3 is 2.03 bits per heavy atom. The van der Waals surface area contributed by atoms with Crippen molar-refractivity contribution >= 4 is 27.3 Å². The van der Waals surface area contributed by atoms with Crippen LogP contribution in [0.15, 0.2) is 71.6 Å². The number of carbonyl (C=O) groups is 1. The standard InChI is InChI=1S/C24H26N2O5S/c1-17-5-9-19(10-6-17)25-24(27)16-26(22-15-20(30-3)11-14-23(22)31-4)32(28,29)21-12-7-18(2)8-13-21/h5-15H,16H2,1-4H3,(H,25,27). The van der Waals surface area contributed by atoms with Crippen molar-refractivity contribution in [3.05, 3.63) is 77.9 Å². The van der Waals surface area contributed by atoms with E-state index >= 15 is 0 Å². The van der Waals surface area contributed by atoms with Crippen LogP contribution in [0.1, 0.15) is 11.1 Å². The Hall–Kier alpha value is -3.52. The summed E-state index contributed by atoms with van der Waals surface area (Å²) in [5.74, 6) is 0.239. The minimum absolute atomic E-state index is 0.0658. The van der Waals surface area contributed by atoms with Gasteiger partial charge in [0.1, 0.15) is 18.0 Å². The molecule has 3 rings (SSSR count). The maximum Gasteiger partial charge on any atom is 0.264 e. The van der Waals surface area contributed by atoms with Crippen LogP contribution in [0.3, 0.4) is 0 Å². The highest BCUT2D eigenvalue weighted by Crippen LogP contribution is 2.35. The number of nitrogens with zero attached hydrogens (tertiary/aromatic N) is 1. The van der Waals surface area contributed by atoms with Crippen molar-refractivity contribution in [2.75, 3.05) is 30.4 Å². The summed E-state index contributed by atoms with van der Waals surface area (Å²) in [6.07, 6.45) is 0. The molecule has 1 amide bonds. The second-order valence-corrected chi connectivity index (χ2v) is 9.14. The SMILES string of the molecule is COc1ccc(OC)c(N(CC(=O)Nc2ccc(C)cc2)S(=O)(=O)c2ccc(C)cc2)c1. The molecule has 0 heterocycles. The van der Waals surface area contributed by atoms with Gasteiger partial charge in [-0.25, -0.2) is 8.42 Å². The Morgan fingerprint density at radius 2 is 1.47 bits per heavy atom. The Balaban J connectivity index is 2.04. The maximum atomic E-state index is 13.6. The normalized spacial score (nSPS) is 11.0. The van der Waals surface area contributed by atoms with Crippen molar-refractivity contribution in [2.45, 2.75) is 18.7 Å². The molecule has 0 aliphatic rings. The van der Waals surface area contributed by atoms with Gasteiger partial charge in [0.05, 0.1) is 24.8 Å². The summed E-state index contributed by atoms with van der Waals surface area (Å²) in [6.45, 7) is 3.36. The Labute approximate surface area is 188 Å². The summed E-state index contributed by atoms with van der Waals surface area (Å²) in [6, 6.07) is 18.5. The fourth-order valence-corrected chi connectivity index (χ4v) is 4.52. The summed E-state index contributed by atoms with van der Waals surface area (Å²) < 4.78 is 38.9. The predicted octanol–water partition coefficient (Wildman–Crippen LogP) is 4.15. The summed E-state index contributed by atoms with van der Waals surface area (Å²) in [5, 5.41) is 2.75. The highest BCUT2D eigenvalue weighted by atomic mass is 32.2. The Kier molecular flexibility index (Phi) is 7.05. The third-order valence-electron chi connectivity index (χ3n) is 4.89. The molecule has 168 valence electrons. The lowest BCUT2D eigenvalue weighted by molar-refractivity contribution is -0.114. The van der Waals surface area contributed by atoms with Gasteiger partial charge in [-0.2, -0.15) is 0 Å². The van der Waals surface area contributed by atoms with E-state index in [0.717, 1.165) is 15.4 Å². The second kappa shape index (κ2) is 9.74. The van der Waals surface area contributed by atoms with E-state index in [1.165, 1.54) is 32.4 Å². The fourth-order valence-electron chi connectivity index (χ4n) is 3.10. The van der Waals surface area contributed by atoms with E-state index in [0.29, 0.717) is 17.2 Å². The van der Waals surface area contributed by atoms with Gasteiger partial charge in [0.15, 0.2) is 0 Å². The lowest BCUT2D eigenvalue weighted by atomic mass is 10.2. The summed E-state index contributed by atoms with van der Waals surface area (Å²) in [7, 11) is -1.17. The van der Waals surface area contributed by atoms with Crippen LogP contribution in [0.2, 0.25) is 0 Å². The molecule has 3 aromatic rings. The first-order valence-corrected chi connectivity index (χ1v) is 11.4. The van der Waals surface area contributed by atoms with Gasteiger partial charge in [-0.3, -0.25) is 9.10 Å². The molecular weight excluding hydrogens is 428 g/mol. The van der Waals surface area contributed by atoms with E-state index in [9.17, 15) is 13.2 Å². The van der Waals surface area contributed by atoms with E-state index in [1.54, 1.807) is 36.4 Å². The molecule has 0 aromatic heterocycles. The van der Waals surface area contributed by atoms with Crippen LogP contribution in [-0.2, 0) is 14.8 Å². The number of nitrogens with one attached hydrogen (secondary N) is 1. The van der Waals surface area contributed by atoms with E-state index in [-0.39, 0.29) is 10.6 Å². The van der Waals surface area contributed by atoms with Crippen LogP contribution in [0, 0.1) is 13.8 Å². The van der Waals surface area contributed by atoms with Gasteiger partial charge < -0.3 is 14.8 Å². The quantitative estimate of drug-likeness (QED) is 0.553. The van der Waals surface area contributed by atoms with Crippen LogP contribution < -0.4 is 19.1 Å². The monoisotopic (exact) mass is 454 g/mol. The van der Waals surface area contributed by atoms with Gasteiger partial charge in [-0.15, -0.1) is 0 Å². The molecule has 0 aliphatic heterocycles. The zero-order chi connectivity index (χ0) is 23.3. The first kappa shape index (κ1) is 23.1. The molecule has 0 bridgehead atoms. The number of ether oxygens (including phenoxy) is 2. The molecule has 0 atom stereocenters. The summed E-state index contributed by atoms with van der Waals surface area (Å²) >= 11 is 0. The molecule has 1 N–H and O–H groups in total. The summed E-state index contributed by atoms with van der Waals surface area (Å²) in [4.78, 5) is 12.9. The van der Waals surface area contributed by atoms with Crippen LogP contribution in [-0.4, -0.2) is 35.1 Å². The van der Waals surface area contributed by atoms with Crippen LogP contribution in [0.25, 0.3) is 0 Å². The van der Waals surface area contributed by atoms with E-state index in [4.69, 9.17) is 9.47 Å². The van der Waals surface area contributed by atoms with Crippen molar-refractivity contribution in [3.63, 3.8) is 0 Å². The predicted molar refractivity (Wildman–Crippen MR) is 125 cm³/mol. The number of carbonyl (C=O) groups excluding carboxylic acids is 1. The minimum atomic E-state index is -4.09. The second-order valence-electron chi connectivity index (χ2n) is 7.28. The van der Waals surface area contributed by atoms with E-state index in [1.807, 2.05) is 26.0 Å². The van der Waals surface area contributed by atoms with Crippen molar-refractivity contribution in [1.29, 1.82) is 0 Å². The molecule has 0 spiro atoms. The van der Waals surface area contributed by atoms with Gasteiger partial charge in [0, 0.05) is 11.8 Å². The number of hydrogen-bond acceptors (Lipinski definition) is 5. The number of anilines is 2. The third-order valence-corrected chi connectivity index (χ3v) is 6.66. The number of rotatable bonds is 8. The van der Waals surface area contributed by atoms with Crippen molar-refractivity contribution < 1.29 is 22.7 Å². The molecule has 7 nitrogen and oxygen atoms in total. The van der Waals surface area contributed by atoms with Gasteiger partial charge in [-0.05, 0) is 50.2 Å². The van der Waals surface area contributed by atoms with E-state index < -0.39 is 22.5 Å². The topological polar surface area (TPSA) is 84.9 Å². The first-order chi connectivity index (χ1) is 15.2. The molecule has 0 unspecified atom stereocenters. The van der Waals surface area contributed by atoms with Crippen molar-refractivity contribution in [2.24, 2.45) is 0 Å². The highest BCUT2D eigenvalue weighted by molar-refractivity contribution is 7.92. The molecule has 32 heavy (non-hydrogen) atoms. The highest BCUT2D eigenvalue weighted by Gasteiger charge is 2.30. The molecule has 0 saturated heterocycles. The molecule has 0 aliphatic carbocycles. The van der Waals surface area contributed by atoms with Gasteiger partial charge in [0.25, 0.3) is 10.0 Å². The number of aryl methyl sites for hydroxylation is 2. The molecular formula is C24H26N2O5S. The first-order valence-electron chi connectivity index (χ1n) is 9.92. The lowest BCUT2D eigenvalue weighted by Crippen LogP contribution is -2.38. The Morgan fingerprint density at radius 1 is 0.875 bits per heavy atom. The number of amides is 1. The lowest BCUT2D eigenvalue weighted by Gasteiger charge is -2.26. The number of benzene rings is 3. The van der Waals surface area contributed by atoms with Crippen LogP contribution in [0.4, 0.5) is 11.4 Å². The van der Waals surface area contributed by atoms with Gasteiger partial charge >= 0.3 is 0 Å². The minimum Gasteiger partial charge on any atom is -0.497 e. The summed E-state index contributed by atoms with van der Waals surface area (Å²) in [5.41, 5.74) is 2.75. The number of methoxy groups -OCH3 is 2. The smallest absolute Gasteiger partial charge is 0.264 e. The largest absolute Gasteiger partial charge is 0.497 e. The van der Waals surface area contributed by atoms with E-state index in [2.05, 4.69) is 5.32 Å². The zero-order valence-electron chi connectivity index (χ0n) is 18.5. The zero-order valence-corrected chi connectivity index (χ0v) is 19.3. The van der Waals surface area contributed by atoms with Gasteiger partial charge in [-0.1, -0.05) is 35.4 Å². The third kappa shape index (κ3) is 5.20. The molecule has 0 saturated carbocycles. The molecule has 0 radical (unpaired) electrons.